The molecular weight excluding hydrogens is 415 g/mol. The molecule has 29 heavy (non-hydrogen) atoms. The third kappa shape index (κ3) is 9.08. The van der Waals surface area contributed by atoms with E-state index >= 15 is 0 Å². The molecule has 5 nitrogen and oxygen atoms in total. The fourth-order valence-corrected chi connectivity index (χ4v) is 3.98. The molecule has 2 rings (SSSR count). The number of benzene rings is 2. The van der Waals surface area contributed by atoms with Crippen molar-refractivity contribution in [1.82, 2.24) is 0 Å². The first-order valence-corrected chi connectivity index (χ1v) is 11.4. The molecule has 1 N–H and O–H groups in total. The summed E-state index contributed by atoms with van der Waals surface area (Å²) < 4.78 is 38.9. The van der Waals surface area contributed by atoms with Crippen molar-refractivity contribution in [2.45, 2.75) is 69.6 Å². The zero-order valence-corrected chi connectivity index (χ0v) is 21.3. The molecule has 0 saturated heterocycles. The summed E-state index contributed by atoms with van der Waals surface area (Å²) in [4.78, 5) is -0.156. The summed E-state index contributed by atoms with van der Waals surface area (Å²) in [6.07, 6.45) is 9.47. The summed E-state index contributed by atoms with van der Waals surface area (Å²) in [5.74, 6) is 0.145. The van der Waals surface area contributed by atoms with Gasteiger partial charge in [-0.2, -0.15) is 8.42 Å². The van der Waals surface area contributed by atoms with Crippen LogP contribution in [0.4, 0.5) is 0 Å². The van der Waals surface area contributed by atoms with E-state index in [1.54, 1.807) is 24.3 Å². The zero-order chi connectivity index (χ0) is 20.4. The minimum absolute atomic E-state index is 0. The second-order valence-corrected chi connectivity index (χ2v) is 8.37. The first kappa shape index (κ1) is 26.6. The van der Waals surface area contributed by atoms with Gasteiger partial charge in [-0.05, 0) is 31.0 Å². The summed E-state index contributed by atoms with van der Waals surface area (Å²) in [5, 5.41) is 11.9. The fourth-order valence-electron chi connectivity index (χ4n) is 3.22. The molecule has 0 bridgehead atoms. The van der Waals surface area contributed by atoms with Crippen molar-refractivity contribution in [3.8, 4) is 17.2 Å². The number of hydrogen-bond donors (Lipinski definition) is 1. The predicted octanol–water partition coefficient (Wildman–Crippen LogP) is 2.49. The van der Waals surface area contributed by atoms with Gasteiger partial charge in [-0.1, -0.05) is 81.9 Å². The van der Waals surface area contributed by atoms with Crippen molar-refractivity contribution in [2.24, 2.45) is 0 Å². The van der Waals surface area contributed by atoms with Crippen LogP contribution >= 0.6 is 0 Å². The Labute approximate surface area is 217 Å². The van der Waals surface area contributed by atoms with Crippen LogP contribution in [0.3, 0.4) is 0 Å². The standard InChI is InChI=1S/C22H30O5S.K/c1-2-3-4-5-6-7-8-9-13-18-20(16-12-17-22(18)28(24,25)26)27-21-15-11-10-14-19(21)23;/h10-12,14-17,23H,2-9,13H2,1H3,(H,24,25,26);/q;+1/p-1. The van der Waals surface area contributed by atoms with E-state index in [9.17, 15) is 18.1 Å². The Morgan fingerprint density at radius 2 is 1.45 bits per heavy atom. The van der Waals surface area contributed by atoms with Crippen molar-refractivity contribution in [3.63, 3.8) is 0 Å². The van der Waals surface area contributed by atoms with Gasteiger partial charge in [0.15, 0.2) is 0 Å². The van der Waals surface area contributed by atoms with E-state index in [4.69, 9.17) is 4.74 Å². The van der Waals surface area contributed by atoms with E-state index in [2.05, 4.69) is 6.92 Å². The first-order valence-electron chi connectivity index (χ1n) is 9.96. The Balaban J connectivity index is 0.00000420. The fraction of sp³-hybridized carbons (Fsp3) is 0.455. The van der Waals surface area contributed by atoms with Crippen LogP contribution in [0.1, 0.15) is 63.9 Å². The summed E-state index contributed by atoms with van der Waals surface area (Å²) in [6, 6.07) is 10.7. The predicted molar refractivity (Wildman–Crippen MR) is 109 cm³/mol. The normalized spacial score (nSPS) is 11.1. The van der Waals surface area contributed by atoms with Crippen LogP contribution in [0, 0.1) is 0 Å². The Morgan fingerprint density at radius 1 is 0.862 bits per heavy atom. The van der Waals surface area contributed by atoms with Crippen LogP contribution in [0.5, 0.6) is 17.2 Å². The van der Waals surface area contributed by atoms with Gasteiger partial charge in [0, 0.05) is 5.56 Å². The van der Waals surface area contributed by atoms with Gasteiger partial charge in [0.1, 0.15) is 16.4 Å². The number of ether oxygens (including phenoxy) is 1. The number of unbranched alkanes of at least 4 members (excludes halogenated alkanes) is 7. The summed E-state index contributed by atoms with van der Waals surface area (Å²) in [7, 11) is -4.37. The van der Waals surface area contributed by atoms with Crippen molar-refractivity contribution >= 4 is 10.1 Å². The average molecular weight is 445 g/mol. The molecule has 2 aromatic rings. The van der Waals surface area contributed by atoms with Crippen molar-refractivity contribution < 1.29 is 74.2 Å². The molecule has 0 spiro atoms. The van der Waals surface area contributed by atoms with Crippen LogP contribution in [-0.2, 0) is 16.5 Å². The molecule has 0 atom stereocenters. The molecule has 0 saturated carbocycles. The molecule has 0 heterocycles. The topological polar surface area (TPSA) is 86.7 Å². The van der Waals surface area contributed by atoms with E-state index in [1.807, 2.05) is 0 Å². The molecule has 0 aromatic heterocycles. The quantitative estimate of drug-likeness (QED) is 0.309. The van der Waals surface area contributed by atoms with E-state index in [0.29, 0.717) is 17.7 Å². The molecule has 2 aromatic carbocycles. The number of para-hydroxylation sites is 2. The van der Waals surface area contributed by atoms with Gasteiger partial charge in [-0.25, -0.2) is 0 Å². The van der Waals surface area contributed by atoms with Crippen LogP contribution in [0.15, 0.2) is 47.4 Å². The summed E-state index contributed by atoms with van der Waals surface area (Å²) >= 11 is 0. The van der Waals surface area contributed by atoms with E-state index in [0.717, 1.165) is 19.3 Å². The number of hydrogen-bond acceptors (Lipinski definition) is 4. The molecule has 0 fully saturated rings. The Bertz CT molecular complexity index is 852. The van der Waals surface area contributed by atoms with Gasteiger partial charge in [0.25, 0.3) is 10.1 Å². The SMILES string of the molecule is CCCCCCCCCCc1c(Oc2ccccc2[O-])cccc1S(=O)(=O)O.[K+]. The Kier molecular flexibility index (Phi) is 12.7. The molecule has 0 aliphatic carbocycles. The molecule has 0 aliphatic rings. The third-order valence-corrected chi connectivity index (χ3v) is 5.66. The third-order valence-electron chi connectivity index (χ3n) is 4.72. The molecule has 0 amide bonds. The van der Waals surface area contributed by atoms with Gasteiger partial charge in [-0.15, -0.1) is 0 Å². The smallest absolute Gasteiger partial charge is 0.870 e. The molecule has 0 radical (unpaired) electrons. The maximum absolute atomic E-state index is 11.9. The monoisotopic (exact) mass is 444 g/mol. The molecule has 7 heteroatoms. The van der Waals surface area contributed by atoms with Gasteiger partial charge in [-0.3, -0.25) is 4.55 Å². The van der Waals surface area contributed by atoms with Crippen molar-refractivity contribution in [1.29, 1.82) is 0 Å². The molecule has 0 aliphatic heterocycles. The van der Waals surface area contributed by atoms with Crippen molar-refractivity contribution in [3.05, 3.63) is 48.0 Å². The Morgan fingerprint density at radius 3 is 2.07 bits per heavy atom. The van der Waals surface area contributed by atoms with E-state index in [-0.39, 0.29) is 67.8 Å². The number of rotatable bonds is 12. The van der Waals surface area contributed by atoms with Crippen molar-refractivity contribution in [2.75, 3.05) is 0 Å². The summed E-state index contributed by atoms with van der Waals surface area (Å²) in [5.41, 5.74) is 0.416. The maximum atomic E-state index is 11.9. The van der Waals surface area contributed by atoms with Crippen LogP contribution in [-0.4, -0.2) is 13.0 Å². The second kappa shape index (κ2) is 13.8. The molecule has 0 unspecified atom stereocenters. The van der Waals surface area contributed by atoms with Gasteiger partial charge in [0.05, 0.1) is 0 Å². The van der Waals surface area contributed by atoms with Gasteiger partial charge >= 0.3 is 51.4 Å². The first-order chi connectivity index (χ1) is 13.4. The second-order valence-electron chi connectivity index (χ2n) is 6.98. The molecular formula is C22H29KO5S. The van der Waals surface area contributed by atoms with E-state index < -0.39 is 10.1 Å². The maximum Gasteiger partial charge on any atom is 1.00 e. The van der Waals surface area contributed by atoms with Crippen LogP contribution < -0.4 is 61.2 Å². The van der Waals surface area contributed by atoms with Crippen LogP contribution in [0.2, 0.25) is 0 Å². The van der Waals surface area contributed by atoms with Crippen LogP contribution in [0.25, 0.3) is 0 Å². The minimum Gasteiger partial charge on any atom is -0.870 e. The molecule has 154 valence electrons. The van der Waals surface area contributed by atoms with Gasteiger partial charge in [0.2, 0.25) is 0 Å². The largest absolute Gasteiger partial charge is 1.00 e. The Hall–Kier alpha value is -0.414. The summed E-state index contributed by atoms with van der Waals surface area (Å²) in [6.45, 7) is 2.19. The van der Waals surface area contributed by atoms with E-state index in [1.165, 1.54) is 50.3 Å². The van der Waals surface area contributed by atoms with Gasteiger partial charge < -0.3 is 9.84 Å². The average Bonchev–Trinajstić information content (AvgIpc) is 2.65. The minimum atomic E-state index is -4.37. The zero-order valence-electron chi connectivity index (χ0n) is 17.4.